The summed E-state index contributed by atoms with van der Waals surface area (Å²) in [6, 6.07) is 1.92. The molecule has 0 aliphatic rings. The molecule has 0 aromatic heterocycles. The van der Waals surface area contributed by atoms with E-state index in [9.17, 15) is 13.2 Å². The lowest BCUT2D eigenvalue weighted by Gasteiger charge is -2.16. The summed E-state index contributed by atoms with van der Waals surface area (Å²) in [5.41, 5.74) is -1.97. The first-order chi connectivity index (χ1) is 6.36. The van der Waals surface area contributed by atoms with Gasteiger partial charge in [-0.2, -0.15) is 0 Å². The molecule has 1 aromatic rings. The van der Waals surface area contributed by atoms with Crippen LogP contribution in [0.5, 0.6) is 0 Å². The van der Waals surface area contributed by atoms with Gasteiger partial charge in [0.05, 0.1) is 6.61 Å². The van der Waals surface area contributed by atoms with Gasteiger partial charge in [0.1, 0.15) is 5.67 Å². The molecule has 78 valence electrons. The van der Waals surface area contributed by atoms with Crippen LogP contribution in [-0.2, 0) is 12.3 Å². The van der Waals surface area contributed by atoms with Crippen molar-refractivity contribution in [2.24, 2.45) is 0 Å². The molecule has 0 radical (unpaired) electrons. The van der Waals surface area contributed by atoms with Crippen LogP contribution in [0.2, 0.25) is 0 Å². The molecule has 14 heavy (non-hydrogen) atoms. The molecule has 0 saturated carbocycles. The molecular weight excluding hydrogens is 193 g/mol. The Morgan fingerprint density at radius 2 is 1.86 bits per heavy atom. The lowest BCUT2D eigenvalue weighted by molar-refractivity contribution is 0.218. The van der Waals surface area contributed by atoms with E-state index in [-0.39, 0.29) is 11.1 Å². The topological polar surface area (TPSA) is 20.2 Å². The van der Waals surface area contributed by atoms with E-state index in [0.717, 1.165) is 12.1 Å². The van der Waals surface area contributed by atoms with Gasteiger partial charge < -0.3 is 5.11 Å². The van der Waals surface area contributed by atoms with Crippen molar-refractivity contribution in [2.45, 2.75) is 26.1 Å². The predicted octanol–water partition coefficient (Wildman–Crippen LogP) is 2.66. The molecule has 0 saturated heterocycles. The molecular formula is C10H11F3O. The highest BCUT2D eigenvalue weighted by Gasteiger charge is 2.22. The lowest BCUT2D eigenvalue weighted by atomic mass is 9.98. The Morgan fingerprint density at radius 1 is 1.29 bits per heavy atom. The second-order valence-electron chi connectivity index (χ2n) is 3.56. The highest BCUT2D eigenvalue weighted by Crippen LogP contribution is 2.27. The summed E-state index contributed by atoms with van der Waals surface area (Å²) >= 11 is 0. The average molecular weight is 204 g/mol. The van der Waals surface area contributed by atoms with E-state index in [4.69, 9.17) is 5.11 Å². The van der Waals surface area contributed by atoms with Gasteiger partial charge in [0, 0.05) is 5.56 Å². The van der Waals surface area contributed by atoms with Crippen LogP contribution in [-0.4, -0.2) is 5.11 Å². The van der Waals surface area contributed by atoms with E-state index >= 15 is 0 Å². The Kier molecular flexibility index (Phi) is 2.85. The molecule has 0 atom stereocenters. The summed E-state index contributed by atoms with van der Waals surface area (Å²) in [5.74, 6) is -2.27. The zero-order valence-corrected chi connectivity index (χ0v) is 7.94. The average Bonchev–Trinajstić information content (AvgIpc) is 2.07. The lowest BCUT2D eigenvalue weighted by Crippen LogP contribution is -2.11. The third-order valence-electron chi connectivity index (χ3n) is 1.96. The van der Waals surface area contributed by atoms with E-state index in [1.54, 1.807) is 0 Å². The fourth-order valence-corrected chi connectivity index (χ4v) is 1.10. The van der Waals surface area contributed by atoms with E-state index in [2.05, 4.69) is 0 Å². The summed E-state index contributed by atoms with van der Waals surface area (Å²) in [6.45, 7) is 1.83. The monoisotopic (exact) mass is 204 g/mol. The number of hydrogen-bond acceptors (Lipinski definition) is 1. The van der Waals surface area contributed by atoms with Crippen LogP contribution in [0.4, 0.5) is 13.2 Å². The van der Waals surface area contributed by atoms with Gasteiger partial charge >= 0.3 is 0 Å². The molecule has 0 aliphatic heterocycles. The van der Waals surface area contributed by atoms with Crippen LogP contribution in [0.3, 0.4) is 0 Å². The van der Waals surface area contributed by atoms with Gasteiger partial charge in [0.15, 0.2) is 11.6 Å². The number of rotatable bonds is 2. The standard InChI is InChI=1S/C10H11F3O/c1-10(2,13)7-3-6(5-14)9(12)8(11)4-7/h3-4,14H,5H2,1-2H3. The van der Waals surface area contributed by atoms with Crippen LogP contribution in [0.15, 0.2) is 12.1 Å². The fraction of sp³-hybridized carbons (Fsp3) is 0.400. The number of aliphatic hydroxyl groups is 1. The van der Waals surface area contributed by atoms with Crippen LogP contribution < -0.4 is 0 Å². The summed E-state index contributed by atoms with van der Waals surface area (Å²) in [6.07, 6.45) is 0. The molecule has 0 aliphatic carbocycles. The van der Waals surface area contributed by atoms with Crippen molar-refractivity contribution in [3.63, 3.8) is 0 Å². The first-order valence-electron chi connectivity index (χ1n) is 4.14. The maximum Gasteiger partial charge on any atom is 0.164 e. The van der Waals surface area contributed by atoms with Gasteiger partial charge in [-0.15, -0.1) is 0 Å². The minimum Gasteiger partial charge on any atom is -0.392 e. The molecule has 1 nitrogen and oxygen atoms in total. The maximum absolute atomic E-state index is 13.4. The van der Waals surface area contributed by atoms with Crippen molar-refractivity contribution >= 4 is 0 Å². The van der Waals surface area contributed by atoms with Gasteiger partial charge in [-0.3, -0.25) is 0 Å². The van der Waals surface area contributed by atoms with Crippen LogP contribution >= 0.6 is 0 Å². The third-order valence-corrected chi connectivity index (χ3v) is 1.96. The van der Waals surface area contributed by atoms with Gasteiger partial charge in [0.2, 0.25) is 0 Å². The fourth-order valence-electron chi connectivity index (χ4n) is 1.10. The van der Waals surface area contributed by atoms with Gasteiger partial charge in [-0.25, -0.2) is 13.2 Å². The second-order valence-corrected chi connectivity index (χ2v) is 3.56. The Morgan fingerprint density at radius 3 is 2.29 bits per heavy atom. The number of hydrogen-bond donors (Lipinski definition) is 1. The SMILES string of the molecule is CC(C)(F)c1cc(F)c(F)c(CO)c1. The molecule has 1 aromatic carbocycles. The van der Waals surface area contributed by atoms with Crippen molar-refractivity contribution in [1.29, 1.82) is 0 Å². The largest absolute Gasteiger partial charge is 0.392 e. The van der Waals surface area contributed by atoms with Gasteiger partial charge in [-0.05, 0) is 31.5 Å². The van der Waals surface area contributed by atoms with Crippen molar-refractivity contribution in [2.75, 3.05) is 0 Å². The van der Waals surface area contributed by atoms with Crippen LogP contribution in [0.25, 0.3) is 0 Å². The predicted molar refractivity (Wildman–Crippen MR) is 46.4 cm³/mol. The van der Waals surface area contributed by atoms with Crippen molar-refractivity contribution in [3.05, 3.63) is 34.9 Å². The number of aliphatic hydroxyl groups excluding tert-OH is 1. The zero-order chi connectivity index (χ0) is 10.9. The van der Waals surface area contributed by atoms with E-state index in [1.165, 1.54) is 13.8 Å². The molecule has 0 heterocycles. The number of alkyl halides is 1. The molecule has 1 N–H and O–H groups in total. The van der Waals surface area contributed by atoms with Crippen LogP contribution in [0.1, 0.15) is 25.0 Å². The molecule has 0 unspecified atom stereocenters. The minimum absolute atomic E-state index is 0.0143. The van der Waals surface area contributed by atoms with E-state index in [1.807, 2.05) is 0 Å². The van der Waals surface area contributed by atoms with Gasteiger partial charge in [-0.1, -0.05) is 0 Å². The van der Waals surface area contributed by atoms with E-state index < -0.39 is 23.9 Å². The van der Waals surface area contributed by atoms with Crippen molar-refractivity contribution < 1.29 is 18.3 Å². The highest BCUT2D eigenvalue weighted by molar-refractivity contribution is 5.29. The van der Waals surface area contributed by atoms with E-state index in [0.29, 0.717) is 0 Å². The highest BCUT2D eigenvalue weighted by atomic mass is 19.2. The Bertz CT molecular complexity index is 342. The maximum atomic E-state index is 13.4. The first kappa shape index (κ1) is 11.0. The quantitative estimate of drug-likeness (QED) is 0.785. The normalized spacial score (nSPS) is 11.9. The molecule has 0 spiro atoms. The second kappa shape index (κ2) is 3.61. The third kappa shape index (κ3) is 2.07. The summed E-state index contributed by atoms with van der Waals surface area (Å²) in [5, 5.41) is 8.70. The number of benzene rings is 1. The molecule has 4 heteroatoms. The van der Waals surface area contributed by atoms with Crippen LogP contribution in [0, 0.1) is 11.6 Å². The Balaban J connectivity index is 3.30. The molecule has 1 rings (SSSR count). The smallest absolute Gasteiger partial charge is 0.164 e. The number of halogens is 3. The molecule has 0 amide bonds. The first-order valence-corrected chi connectivity index (χ1v) is 4.14. The zero-order valence-electron chi connectivity index (χ0n) is 7.94. The summed E-state index contributed by atoms with van der Waals surface area (Å²) < 4.78 is 39.2. The summed E-state index contributed by atoms with van der Waals surface area (Å²) in [4.78, 5) is 0. The molecule has 0 fully saturated rings. The van der Waals surface area contributed by atoms with Crippen molar-refractivity contribution in [1.82, 2.24) is 0 Å². The van der Waals surface area contributed by atoms with Gasteiger partial charge in [0.25, 0.3) is 0 Å². The van der Waals surface area contributed by atoms with Crippen molar-refractivity contribution in [3.8, 4) is 0 Å². The summed E-state index contributed by atoms with van der Waals surface area (Å²) in [7, 11) is 0. The Hall–Kier alpha value is -1.03. The molecule has 0 bridgehead atoms. The Labute approximate surface area is 80.2 Å². The minimum atomic E-state index is -1.75.